The van der Waals surface area contributed by atoms with Gasteiger partial charge in [-0.2, -0.15) is 0 Å². The second kappa shape index (κ2) is 6.77. The summed E-state index contributed by atoms with van der Waals surface area (Å²) in [6, 6.07) is 4.52. The topological polar surface area (TPSA) is 115 Å². The van der Waals surface area contributed by atoms with Gasteiger partial charge in [-0.25, -0.2) is 18.5 Å². The second-order valence-electron chi connectivity index (χ2n) is 5.67. The average Bonchev–Trinajstić information content (AvgIpc) is 3.13. The van der Waals surface area contributed by atoms with E-state index in [4.69, 9.17) is 5.14 Å². The van der Waals surface area contributed by atoms with E-state index in [1.54, 1.807) is 6.07 Å². The summed E-state index contributed by atoms with van der Waals surface area (Å²) in [6.07, 6.45) is 1.12. The maximum Gasteiger partial charge on any atom is 0.239 e. The molecule has 1 fully saturated rings. The third-order valence-corrected chi connectivity index (χ3v) is 5.90. The number of imidazole rings is 1. The number of sulfonamides is 1. The van der Waals surface area contributed by atoms with E-state index in [0.29, 0.717) is 36.6 Å². The van der Waals surface area contributed by atoms with Crippen LogP contribution in [0.1, 0.15) is 19.8 Å². The molecule has 1 aromatic heterocycles. The maximum atomic E-state index is 12.2. The quantitative estimate of drug-likeness (QED) is 0.770. The SMILES string of the molecule is CCn1c(SCC(=O)N2CCCC2=O)nc2cc(S(N)(=O)=O)ccc21. The van der Waals surface area contributed by atoms with Crippen molar-refractivity contribution in [1.82, 2.24) is 14.5 Å². The van der Waals surface area contributed by atoms with Crippen molar-refractivity contribution in [2.75, 3.05) is 12.3 Å². The zero-order chi connectivity index (χ0) is 18.2. The van der Waals surface area contributed by atoms with E-state index in [-0.39, 0.29) is 22.5 Å². The highest BCUT2D eigenvalue weighted by Gasteiger charge is 2.26. The van der Waals surface area contributed by atoms with Crippen molar-refractivity contribution in [3.63, 3.8) is 0 Å². The molecule has 25 heavy (non-hydrogen) atoms. The summed E-state index contributed by atoms with van der Waals surface area (Å²) in [5, 5.41) is 5.76. The molecule has 2 amide bonds. The number of likely N-dealkylation sites (tertiary alicyclic amines) is 1. The fraction of sp³-hybridized carbons (Fsp3) is 0.400. The first-order valence-electron chi connectivity index (χ1n) is 7.80. The van der Waals surface area contributed by atoms with Crippen LogP contribution in [0.15, 0.2) is 28.3 Å². The van der Waals surface area contributed by atoms with E-state index < -0.39 is 10.0 Å². The maximum absolute atomic E-state index is 12.2. The highest BCUT2D eigenvalue weighted by atomic mass is 32.2. The molecule has 0 atom stereocenters. The first-order valence-corrected chi connectivity index (χ1v) is 10.3. The van der Waals surface area contributed by atoms with Crippen LogP contribution in [0.4, 0.5) is 0 Å². The number of hydrogen-bond donors (Lipinski definition) is 1. The van der Waals surface area contributed by atoms with Crippen LogP contribution in [-0.4, -0.2) is 47.0 Å². The van der Waals surface area contributed by atoms with Gasteiger partial charge in [0.25, 0.3) is 0 Å². The number of carbonyl (C=O) groups excluding carboxylic acids is 2. The normalized spacial score (nSPS) is 15.3. The number of benzene rings is 1. The van der Waals surface area contributed by atoms with Crippen molar-refractivity contribution in [3.8, 4) is 0 Å². The van der Waals surface area contributed by atoms with Gasteiger partial charge in [-0.15, -0.1) is 0 Å². The van der Waals surface area contributed by atoms with E-state index in [2.05, 4.69) is 4.98 Å². The highest BCUT2D eigenvalue weighted by molar-refractivity contribution is 7.99. The molecular formula is C15H18N4O4S2. The lowest BCUT2D eigenvalue weighted by molar-refractivity contribution is -0.140. The molecule has 0 saturated carbocycles. The Labute approximate surface area is 149 Å². The molecule has 1 aromatic carbocycles. The molecule has 0 aliphatic carbocycles. The van der Waals surface area contributed by atoms with Crippen LogP contribution in [0.25, 0.3) is 11.0 Å². The van der Waals surface area contributed by atoms with Crippen LogP contribution in [0.2, 0.25) is 0 Å². The number of aryl methyl sites for hydroxylation is 1. The summed E-state index contributed by atoms with van der Waals surface area (Å²) < 4.78 is 24.9. The van der Waals surface area contributed by atoms with Gasteiger partial charge in [-0.3, -0.25) is 14.5 Å². The minimum atomic E-state index is -3.80. The first-order chi connectivity index (χ1) is 11.8. The zero-order valence-electron chi connectivity index (χ0n) is 13.6. The number of fused-ring (bicyclic) bond motifs is 1. The Morgan fingerprint density at radius 1 is 1.40 bits per heavy atom. The third-order valence-electron chi connectivity index (χ3n) is 4.03. The summed E-state index contributed by atoms with van der Waals surface area (Å²) in [4.78, 5) is 29.5. The standard InChI is InChI=1S/C15H18N4O4S2/c1-2-18-12-6-5-10(25(16,22)23)8-11(12)17-15(18)24-9-14(21)19-7-3-4-13(19)20/h5-6,8H,2-4,7,9H2,1H3,(H2,16,22,23). The molecule has 0 bridgehead atoms. The predicted octanol–water partition coefficient (Wildman–Crippen LogP) is 0.945. The van der Waals surface area contributed by atoms with Crippen LogP contribution < -0.4 is 5.14 Å². The van der Waals surface area contributed by atoms with Crippen molar-refractivity contribution < 1.29 is 18.0 Å². The van der Waals surface area contributed by atoms with Crippen LogP contribution in [0.5, 0.6) is 0 Å². The monoisotopic (exact) mass is 382 g/mol. The molecule has 10 heteroatoms. The number of nitrogens with two attached hydrogens (primary N) is 1. The highest BCUT2D eigenvalue weighted by Crippen LogP contribution is 2.26. The number of imide groups is 1. The number of hydrogen-bond acceptors (Lipinski definition) is 6. The van der Waals surface area contributed by atoms with Gasteiger partial charge in [-0.05, 0) is 31.5 Å². The Bertz CT molecular complexity index is 952. The minimum Gasteiger partial charge on any atom is -0.319 e. The summed E-state index contributed by atoms with van der Waals surface area (Å²) in [5.74, 6) is -0.253. The summed E-state index contributed by atoms with van der Waals surface area (Å²) >= 11 is 1.24. The van der Waals surface area contributed by atoms with E-state index in [1.807, 2.05) is 11.5 Å². The fourth-order valence-corrected chi connectivity index (χ4v) is 4.28. The Hall–Kier alpha value is -1.91. The van der Waals surface area contributed by atoms with Crippen molar-refractivity contribution in [1.29, 1.82) is 0 Å². The van der Waals surface area contributed by atoms with Crippen LogP contribution in [0.3, 0.4) is 0 Å². The molecule has 8 nitrogen and oxygen atoms in total. The van der Waals surface area contributed by atoms with Gasteiger partial charge in [0.2, 0.25) is 21.8 Å². The number of primary sulfonamides is 1. The molecule has 2 N–H and O–H groups in total. The summed E-state index contributed by atoms with van der Waals surface area (Å²) in [6.45, 7) is 3.02. The lowest BCUT2D eigenvalue weighted by Crippen LogP contribution is -2.33. The average molecular weight is 382 g/mol. The third kappa shape index (κ3) is 3.55. The number of rotatable bonds is 5. The lowest BCUT2D eigenvalue weighted by atomic mass is 10.3. The molecule has 0 unspecified atom stereocenters. The Morgan fingerprint density at radius 2 is 2.16 bits per heavy atom. The van der Waals surface area contributed by atoms with E-state index in [9.17, 15) is 18.0 Å². The molecule has 1 saturated heterocycles. The molecule has 0 spiro atoms. The van der Waals surface area contributed by atoms with Crippen LogP contribution in [-0.2, 0) is 26.2 Å². The zero-order valence-corrected chi connectivity index (χ0v) is 15.3. The van der Waals surface area contributed by atoms with Gasteiger partial charge in [0.1, 0.15) is 0 Å². The number of thioether (sulfide) groups is 1. The van der Waals surface area contributed by atoms with E-state index >= 15 is 0 Å². The molecule has 1 aliphatic rings. The van der Waals surface area contributed by atoms with Gasteiger partial charge < -0.3 is 4.57 Å². The molecule has 2 heterocycles. The van der Waals surface area contributed by atoms with Crippen molar-refractivity contribution >= 4 is 44.6 Å². The van der Waals surface area contributed by atoms with E-state index in [0.717, 1.165) is 5.52 Å². The number of amides is 2. The molecule has 0 radical (unpaired) electrons. The number of carbonyl (C=O) groups is 2. The predicted molar refractivity (Wildman–Crippen MR) is 93.5 cm³/mol. The number of aromatic nitrogens is 2. The Morgan fingerprint density at radius 3 is 2.76 bits per heavy atom. The molecular weight excluding hydrogens is 364 g/mol. The van der Waals surface area contributed by atoms with Crippen molar-refractivity contribution in [2.45, 2.75) is 36.4 Å². The van der Waals surface area contributed by atoms with Crippen molar-refractivity contribution in [3.05, 3.63) is 18.2 Å². The van der Waals surface area contributed by atoms with Gasteiger partial charge in [0.15, 0.2) is 5.16 Å². The number of nitrogens with zero attached hydrogens (tertiary/aromatic N) is 3. The summed E-state index contributed by atoms with van der Waals surface area (Å²) in [7, 11) is -3.80. The molecule has 134 valence electrons. The van der Waals surface area contributed by atoms with E-state index in [1.165, 1.54) is 28.8 Å². The Kier molecular flexibility index (Phi) is 4.85. The first kappa shape index (κ1) is 17.9. The van der Waals surface area contributed by atoms with Crippen LogP contribution >= 0.6 is 11.8 Å². The smallest absolute Gasteiger partial charge is 0.239 e. The van der Waals surface area contributed by atoms with Crippen molar-refractivity contribution in [2.24, 2.45) is 5.14 Å². The summed E-state index contributed by atoms with van der Waals surface area (Å²) in [5.41, 5.74) is 1.27. The second-order valence-corrected chi connectivity index (χ2v) is 8.17. The van der Waals surface area contributed by atoms with Gasteiger partial charge >= 0.3 is 0 Å². The lowest BCUT2D eigenvalue weighted by Gasteiger charge is -2.13. The molecule has 1 aliphatic heterocycles. The van der Waals surface area contributed by atoms with Gasteiger partial charge in [0, 0.05) is 19.5 Å². The van der Waals surface area contributed by atoms with Crippen LogP contribution in [0, 0.1) is 0 Å². The largest absolute Gasteiger partial charge is 0.319 e. The molecule has 3 rings (SSSR count). The van der Waals surface area contributed by atoms with Gasteiger partial charge in [0.05, 0.1) is 21.7 Å². The fourth-order valence-electron chi connectivity index (χ4n) is 2.80. The van der Waals surface area contributed by atoms with Gasteiger partial charge in [-0.1, -0.05) is 11.8 Å². The minimum absolute atomic E-state index is 0.00366. The molecule has 2 aromatic rings. The Balaban J connectivity index is 1.85.